The van der Waals surface area contributed by atoms with Crippen LogP contribution < -0.4 is 0 Å². The quantitative estimate of drug-likeness (QED) is 0.298. The molecule has 0 N–H and O–H groups in total. The fraction of sp³-hybridized carbons (Fsp3) is 0.207. The van der Waals surface area contributed by atoms with Crippen LogP contribution in [0.2, 0.25) is 0 Å². The van der Waals surface area contributed by atoms with Crippen molar-refractivity contribution in [3.8, 4) is 22.4 Å². The third kappa shape index (κ3) is 3.63. The van der Waals surface area contributed by atoms with Crippen molar-refractivity contribution in [1.29, 1.82) is 0 Å². The average molecular weight is 408 g/mol. The van der Waals surface area contributed by atoms with Crippen LogP contribution in [-0.2, 0) is 0 Å². The summed E-state index contributed by atoms with van der Waals surface area (Å²) in [5.74, 6) is -1.28. The highest BCUT2D eigenvalue weighted by molar-refractivity contribution is 6.07. The first-order chi connectivity index (χ1) is 15.6. The zero-order chi connectivity index (χ0) is 23.4. The zero-order valence-electron chi connectivity index (χ0n) is 20.4. The first kappa shape index (κ1) is 17.3. The van der Waals surface area contributed by atoms with Gasteiger partial charge in [-0.2, -0.15) is 0 Å². The number of benzene rings is 3. The summed E-state index contributed by atoms with van der Waals surface area (Å²) in [4.78, 5) is 4.55. The normalized spacial score (nSPS) is 13.4. The van der Waals surface area contributed by atoms with Crippen molar-refractivity contribution in [3.63, 3.8) is 0 Å². The Bertz CT molecular complexity index is 1470. The Labute approximate surface area is 186 Å². The van der Waals surface area contributed by atoms with Gasteiger partial charge in [-0.15, -0.1) is 0 Å². The van der Waals surface area contributed by atoms with Gasteiger partial charge in [-0.1, -0.05) is 58.0 Å². The van der Waals surface area contributed by atoms with Crippen LogP contribution in [0.15, 0.2) is 83.4 Å². The van der Waals surface area contributed by atoms with Crippen molar-refractivity contribution in [2.75, 3.05) is 0 Å². The molecule has 2 nitrogen and oxygen atoms in total. The van der Waals surface area contributed by atoms with Gasteiger partial charge in [0.05, 0.1) is 5.69 Å². The Hall–Kier alpha value is -3.39. The van der Waals surface area contributed by atoms with Crippen molar-refractivity contribution in [2.45, 2.75) is 39.5 Å². The minimum atomic E-state index is -0.671. The lowest BCUT2D eigenvalue weighted by atomic mass is 9.98. The molecule has 0 atom stereocenters. The molecule has 5 aromatic rings. The Morgan fingerprint density at radius 2 is 1.35 bits per heavy atom. The minimum Gasteiger partial charge on any atom is -0.456 e. The Balaban J connectivity index is 1.55. The number of fused-ring (bicyclic) bond motifs is 3. The molecule has 0 saturated heterocycles. The molecule has 154 valence electrons. The second-order valence-electron chi connectivity index (χ2n) is 8.53. The average Bonchev–Trinajstić information content (AvgIpc) is 3.15. The molecule has 0 bridgehead atoms. The van der Waals surface area contributed by atoms with Gasteiger partial charge in [-0.05, 0) is 76.5 Å². The predicted octanol–water partition coefficient (Wildman–Crippen LogP) is 8.56. The SMILES string of the molecule is [2H]C(C)(C)c1ccc(-c2ccc3c(c2)oc2ccc(-c4cc(C([2H])(C)C)ccn4)cc23)cc1. The highest BCUT2D eigenvalue weighted by Crippen LogP contribution is 2.35. The summed E-state index contributed by atoms with van der Waals surface area (Å²) in [5.41, 5.74) is 7.68. The van der Waals surface area contributed by atoms with E-state index in [0.29, 0.717) is 0 Å². The number of aromatic nitrogens is 1. The first-order valence-electron chi connectivity index (χ1n) is 11.6. The second kappa shape index (κ2) is 7.70. The number of hydrogen-bond acceptors (Lipinski definition) is 2. The molecule has 0 aliphatic rings. The largest absolute Gasteiger partial charge is 0.456 e. The van der Waals surface area contributed by atoms with Crippen LogP contribution in [0, 0.1) is 0 Å². The number of hydrogen-bond donors (Lipinski definition) is 0. The number of pyridine rings is 1. The molecule has 0 aliphatic carbocycles. The minimum absolute atomic E-state index is 0.607. The van der Waals surface area contributed by atoms with E-state index >= 15 is 0 Å². The van der Waals surface area contributed by atoms with Gasteiger partial charge in [-0.25, -0.2) is 0 Å². The van der Waals surface area contributed by atoms with Gasteiger partial charge >= 0.3 is 0 Å². The van der Waals surface area contributed by atoms with Crippen molar-refractivity contribution in [3.05, 3.63) is 90.1 Å². The van der Waals surface area contributed by atoms with Crippen molar-refractivity contribution >= 4 is 21.9 Å². The van der Waals surface area contributed by atoms with Gasteiger partial charge in [0.25, 0.3) is 0 Å². The zero-order valence-corrected chi connectivity index (χ0v) is 18.4. The molecule has 0 fully saturated rings. The van der Waals surface area contributed by atoms with Crippen LogP contribution in [0.25, 0.3) is 44.3 Å². The molecule has 31 heavy (non-hydrogen) atoms. The van der Waals surface area contributed by atoms with Gasteiger partial charge in [-0.3, -0.25) is 4.98 Å². The molecular formula is C29H27NO. The Morgan fingerprint density at radius 1 is 0.645 bits per heavy atom. The third-order valence-corrected chi connectivity index (χ3v) is 5.90. The van der Waals surface area contributed by atoms with Gasteiger partial charge in [0, 0.05) is 25.3 Å². The van der Waals surface area contributed by atoms with Crippen molar-refractivity contribution in [1.82, 2.24) is 4.98 Å². The molecule has 2 heteroatoms. The Morgan fingerprint density at radius 3 is 2.10 bits per heavy atom. The summed E-state index contributed by atoms with van der Waals surface area (Å²) in [7, 11) is 0. The van der Waals surface area contributed by atoms with Crippen LogP contribution >= 0.6 is 0 Å². The van der Waals surface area contributed by atoms with E-state index < -0.39 is 11.8 Å². The molecule has 2 heterocycles. The summed E-state index contributed by atoms with van der Waals surface area (Å²) < 4.78 is 22.7. The summed E-state index contributed by atoms with van der Waals surface area (Å²) in [6.45, 7) is 7.57. The maximum Gasteiger partial charge on any atom is 0.136 e. The molecule has 0 unspecified atom stereocenters. The molecular weight excluding hydrogens is 378 g/mol. The van der Waals surface area contributed by atoms with Gasteiger partial charge < -0.3 is 4.42 Å². The summed E-state index contributed by atoms with van der Waals surface area (Å²) in [6.07, 6.45) is 1.78. The molecule has 0 radical (unpaired) electrons. The standard InChI is InChI=1S/C29H27NO/c1-18(2)20-5-7-21(8-6-20)23-9-11-25-26-15-24(10-12-28(26)31-29(25)17-23)27-16-22(19(3)4)13-14-30-27/h5-19H,1-4H3/i18D,19D. The fourth-order valence-electron chi connectivity index (χ4n) is 4.01. The Kier molecular flexibility index (Phi) is 4.30. The lowest BCUT2D eigenvalue weighted by Crippen LogP contribution is -1.90. The maximum absolute atomic E-state index is 8.33. The van der Waals surface area contributed by atoms with E-state index in [1.165, 1.54) is 0 Å². The third-order valence-electron chi connectivity index (χ3n) is 5.90. The van der Waals surface area contributed by atoms with E-state index in [1.807, 2.05) is 64.1 Å². The summed E-state index contributed by atoms with van der Waals surface area (Å²) >= 11 is 0. The van der Waals surface area contributed by atoms with E-state index in [9.17, 15) is 0 Å². The van der Waals surface area contributed by atoms with Crippen LogP contribution in [0.4, 0.5) is 0 Å². The van der Waals surface area contributed by atoms with Crippen LogP contribution in [-0.4, -0.2) is 4.98 Å². The molecule has 0 saturated carbocycles. The highest BCUT2D eigenvalue weighted by Gasteiger charge is 2.11. The fourth-order valence-corrected chi connectivity index (χ4v) is 4.01. The van der Waals surface area contributed by atoms with E-state index in [4.69, 9.17) is 7.16 Å². The first-order valence-corrected chi connectivity index (χ1v) is 10.6. The highest BCUT2D eigenvalue weighted by atomic mass is 16.3. The maximum atomic E-state index is 8.33. The van der Waals surface area contributed by atoms with Crippen LogP contribution in [0.3, 0.4) is 0 Å². The van der Waals surface area contributed by atoms with Crippen molar-refractivity contribution in [2.24, 2.45) is 0 Å². The van der Waals surface area contributed by atoms with E-state index in [2.05, 4.69) is 41.4 Å². The number of nitrogens with zero attached hydrogens (tertiary/aromatic N) is 1. The van der Waals surface area contributed by atoms with E-state index in [1.54, 1.807) is 6.20 Å². The molecule has 0 spiro atoms. The van der Waals surface area contributed by atoms with Gasteiger partial charge in [0.1, 0.15) is 11.2 Å². The molecule has 3 aromatic carbocycles. The van der Waals surface area contributed by atoms with E-state index in [0.717, 1.165) is 55.4 Å². The molecule has 2 aromatic heterocycles. The number of rotatable bonds is 4. The topological polar surface area (TPSA) is 26.0 Å². The summed E-state index contributed by atoms with van der Waals surface area (Å²) in [6, 6.07) is 24.5. The van der Waals surface area contributed by atoms with Crippen LogP contribution in [0.1, 0.15) is 53.4 Å². The summed E-state index contributed by atoms with van der Waals surface area (Å²) in [5, 5.41) is 2.12. The molecule has 0 aliphatic heterocycles. The van der Waals surface area contributed by atoms with Crippen LogP contribution in [0.5, 0.6) is 0 Å². The smallest absolute Gasteiger partial charge is 0.136 e. The lowest BCUT2D eigenvalue weighted by Gasteiger charge is -2.07. The van der Waals surface area contributed by atoms with Crippen molar-refractivity contribution < 1.29 is 7.16 Å². The molecule has 0 amide bonds. The van der Waals surface area contributed by atoms with Gasteiger partial charge in [0.2, 0.25) is 0 Å². The lowest BCUT2D eigenvalue weighted by molar-refractivity contribution is 0.669. The second-order valence-corrected chi connectivity index (χ2v) is 8.53. The number of furan rings is 1. The van der Waals surface area contributed by atoms with Gasteiger partial charge in [0.15, 0.2) is 0 Å². The van der Waals surface area contributed by atoms with E-state index in [-0.39, 0.29) is 0 Å². The molecule has 5 rings (SSSR count). The predicted molar refractivity (Wildman–Crippen MR) is 131 cm³/mol. The monoisotopic (exact) mass is 407 g/mol.